The van der Waals surface area contributed by atoms with Crippen molar-refractivity contribution in [1.29, 1.82) is 0 Å². The first-order valence-corrected chi connectivity index (χ1v) is 3.24. The summed E-state index contributed by atoms with van der Waals surface area (Å²) >= 11 is 0. The van der Waals surface area contributed by atoms with Crippen LogP contribution in [0.15, 0.2) is 24.3 Å². The maximum atomic E-state index is 10.9. The molecule has 1 aromatic rings. The van der Waals surface area contributed by atoms with Crippen LogP contribution >= 0.6 is 0 Å². The molecule has 1 aliphatic heterocycles. The van der Waals surface area contributed by atoms with Crippen LogP contribution in [0.5, 0.6) is 0 Å². The van der Waals surface area contributed by atoms with Gasteiger partial charge in [0.1, 0.15) is 0 Å². The van der Waals surface area contributed by atoms with Gasteiger partial charge < -0.3 is 0 Å². The van der Waals surface area contributed by atoms with Crippen molar-refractivity contribution < 1.29 is 9.59 Å². The summed E-state index contributed by atoms with van der Waals surface area (Å²) in [7, 11) is 0. The van der Waals surface area contributed by atoms with Gasteiger partial charge in [-0.15, -0.1) is 0 Å². The zero-order valence-electron chi connectivity index (χ0n) is 6.63. The Bertz CT molecular complexity index is 316. The van der Waals surface area contributed by atoms with Crippen molar-refractivity contribution in [2.75, 3.05) is 0 Å². The van der Waals surface area contributed by atoms with Gasteiger partial charge in [0.15, 0.2) is 0 Å². The van der Waals surface area contributed by atoms with E-state index >= 15 is 0 Å². The zero-order valence-corrected chi connectivity index (χ0v) is 6.63. The quantitative estimate of drug-likeness (QED) is 0.428. The molecule has 0 unspecified atom stereocenters. The largest absolute Gasteiger partial charge is 0.288 e. The van der Waals surface area contributed by atoms with Crippen LogP contribution in [0.3, 0.4) is 0 Å². The maximum Gasteiger partial charge on any atom is 0.258 e. The van der Waals surface area contributed by atoms with Gasteiger partial charge in [-0.05, 0) is 12.1 Å². The molecule has 3 nitrogen and oxygen atoms in total. The minimum absolute atomic E-state index is 0. The van der Waals surface area contributed by atoms with E-state index in [1.165, 1.54) is 0 Å². The fourth-order valence-corrected chi connectivity index (χ4v) is 1.12. The van der Waals surface area contributed by atoms with Crippen molar-refractivity contribution in [2.24, 2.45) is 0 Å². The number of amides is 2. The Hall–Kier alpha value is -1.04. The molecule has 0 spiro atoms. The normalized spacial score (nSPS) is 13.3. The molecule has 12 heavy (non-hydrogen) atoms. The van der Waals surface area contributed by atoms with Crippen LogP contribution in [0.4, 0.5) is 0 Å². The Kier molecular flexibility index (Phi) is 2.37. The molecule has 1 aliphatic rings. The standard InChI is InChI=1S/C8H5NO2.Li/c10-7-5-3-1-2-4-6(5)8(11)9-7;/h1-4H,(H,9,10,11);. The van der Waals surface area contributed by atoms with Crippen LogP contribution in [0.25, 0.3) is 0 Å². The minimum atomic E-state index is -0.300. The van der Waals surface area contributed by atoms with Gasteiger partial charge in [0.05, 0.1) is 11.1 Å². The number of carbonyl (C=O) groups excluding carboxylic acids is 2. The number of nitrogens with one attached hydrogen (secondary N) is 1. The SMILES string of the molecule is O=C1NC(=O)c2ccccc21.[Li]. The summed E-state index contributed by atoms with van der Waals surface area (Å²) < 4.78 is 0. The number of hydrogen-bond acceptors (Lipinski definition) is 2. The number of rotatable bonds is 0. The molecule has 4 heteroatoms. The molecular formula is C8H5LiNO2. The topological polar surface area (TPSA) is 46.2 Å². The van der Waals surface area contributed by atoms with Gasteiger partial charge in [-0.3, -0.25) is 14.9 Å². The molecule has 0 atom stereocenters. The van der Waals surface area contributed by atoms with Gasteiger partial charge in [-0.1, -0.05) is 12.1 Å². The Morgan fingerprint density at radius 1 is 0.917 bits per heavy atom. The first kappa shape index (κ1) is 9.05. The van der Waals surface area contributed by atoms with Gasteiger partial charge in [0.25, 0.3) is 11.8 Å². The predicted octanol–water partition coefficient (Wildman–Crippen LogP) is 0.189. The molecule has 0 aliphatic carbocycles. The Morgan fingerprint density at radius 2 is 1.33 bits per heavy atom. The van der Waals surface area contributed by atoms with Gasteiger partial charge in [0.2, 0.25) is 0 Å². The van der Waals surface area contributed by atoms with Crippen LogP contribution in [-0.4, -0.2) is 30.7 Å². The molecule has 0 fully saturated rings. The molecule has 0 saturated heterocycles. The number of carbonyl (C=O) groups is 2. The van der Waals surface area contributed by atoms with E-state index in [2.05, 4.69) is 5.32 Å². The second kappa shape index (κ2) is 3.14. The third-order valence-electron chi connectivity index (χ3n) is 1.64. The molecule has 1 radical (unpaired) electrons. The summed E-state index contributed by atoms with van der Waals surface area (Å²) in [6.07, 6.45) is 0. The van der Waals surface area contributed by atoms with Gasteiger partial charge in [-0.25, -0.2) is 0 Å². The number of benzene rings is 1. The minimum Gasteiger partial charge on any atom is -0.288 e. The number of fused-ring (bicyclic) bond motifs is 1. The molecule has 0 bridgehead atoms. The third-order valence-corrected chi connectivity index (χ3v) is 1.64. The van der Waals surface area contributed by atoms with Gasteiger partial charge >= 0.3 is 0 Å². The van der Waals surface area contributed by atoms with Gasteiger partial charge in [-0.2, -0.15) is 0 Å². The van der Waals surface area contributed by atoms with Crippen molar-refractivity contribution in [3.05, 3.63) is 35.4 Å². The van der Waals surface area contributed by atoms with E-state index in [0.717, 1.165) is 0 Å². The Labute approximate surface area is 81.3 Å². The van der Waals surface area contributed by atoms with Crippen molar-refractivity contribution in [3.63, 3.8) is 0 Å². The van der Waals surface area contributed by atoms with Crippen LogP contribution in [0.2, 0.25) is 0 Å². The molecule has 2 rings (SSSR count). The Morgan fingerprint density at radius 3 is 1.75 bits per heavy atom. The smallest absolute Gasteiger partial charge is 0.258 e. The first-order valence-electron chi connectivity index (χ1n) is 3.24. The van der Waals surface area contributed by atoms with E-state index in [4.69, 9.17) is 0 Å². The van der Waals surface area contributed by atoms with Crippen LogP contribution in [-0.2, 0) is 0 Å². The predicted molar refractivity (Wildman–Crippen MR) is 44.0 cm³/mol. The van der Waals surface area contributed by atoms with E-state index in [-0.39, 0.29) is 30.7 Å². The number of imide groups is 1. The molecule has 1 heterocycles. The summed E-state index contributed by atoms with van der Waals surface area (Å²) in [5.74, 6) is -0.601. The summed E-state index contributed by atoms with van der Waals surface area (Å²) in [5, 5.41) is 2.20. The molecule has 1 aromatic carbocycles. The zero-order chi connectivity index (χ0) is 7.84. The second-order valence-electron chi connectivity index (χ2n) is 2.33. The van der Waals surface area contributed by atoms with Crippen molar-refractivity contribution in [1.82, 2.24) is 5.32 Å². The van der Waals surface area contributed by atoms with E-state index in [0.29, 0.717) is 11.1 Å². The van der Waals surface area contributed by atoms with Crippen molar-refractivity contribution >= 4 is 30.7 Å². The van der Waals surface area contributed by atoms with Crippen LogP contribution in [0, 0.1) is 0 Å². The molecule has 55 valence electrons. The fourth-order valence-electron chi connectivity index (χ4n) is 1.12. The monoisotopic (exact) mass is 154 g/mol. The van der Waals surface area contributed by atoms with E-state index in [1.54, 1.807) is 24.3 Å². The first-order chi connectivity index (χ1) is 5.29. The van der Waals surface area contributed by atoms with Crippen molar-refractivity contribution in [2.45, 2.75) is 0 Å². The fraction of sp³-hybridized carbons (Fsp3) is 0. The molecular weight excluding hydrogens is 149 g/mol. The van der Waals surface area contributed by atoms with Crippen LogP contribution in [0.1, 0.15) is 20.7 Å². The maximum absolute atomic E-state index is 10.9. The second-order valence-corrected chi connectivity index (χ2v) is 2.33. The van der Waals surface area contributed by atoms with E-state index in [9.17, 15) is 9.59 Å². The molecule has 0 saturated carbocycles. The average Bonchev–Trinajstić information content (AvgIpc) is 2.30. The third kappa shape index (κ3) is 1.18. The average molecular weight is 154 g/mol. The summed E-state index contributed by atoms with van der Waals surface area (Å²) in [6.45, 7) is 0. The number of hydrogen-bond donors (Lipinski definition) is 1. The summed E-state index contributed by atoms with van der Waals surface area (Å²) in [4.78, 5) is 21.9. The molecule has 0 aromatic heterocycles. The molecule has 1 N–H and O–H groups in total. The van der Waals surface area contributed by atoms with E-state index < -0.39 is 0 Å². The van der Waals surface area contributed by atoms with E-state index in [1.807, 2.05) is 0 Å². The summed E-state index contributed by atoms with van der Waals surface area (Å²) in [5.41, 5.74) is 0.940. The van der Waals surface area contributed by atoms with Gasteiger partial charge in [0, 0.05) is 18.9 Å². The summed E-state index contributed by atoms with van der Waals surface area (Å²) in [6, 6.07) is 6.74. The van der Waals surface area contributed by atoms with Crippen LogP contribution < -0.4 is 5.32 Å². The molecule has 2 amide bonds. The Balaban J connectivity index is 0.000000720. The van der Waals surface area contributed by atoms with Crippen molar-refractivity contribution in [3.8, 4) is 0 Å².